The van der Waals surface area contributed by atoms with Crippen LogP contribution < -0.4 is 10.2 Å². The molecule has 1 aliphatic heterocycles. The van der Waals surface area contributed by atoms with Crippen LogP contribution in [0.3, 0.4) is 0 Å². The molecule has 0 spiro atoms. The molecule has 156 valence electrons. The second kappa shape index (κ2) is 10.8. The molecule has 7 nitrogen and oxygen atoms in total. The molecule has 1 atom stereocenters. The predicted molar refractivity (Wildman–Crippen MR) is 119 cm³/mol. The van der Waals surface area contributed by atoms with Gasteiger partial charge in [-0.2, -0.15) is 0 Å². The van der Waals surface area contributed by atoms with E-state index < -0.39 is 0 Å². The summed E-state index contributed by atoms with van der Waals surface area (Å²) in [6, 6.07) is 12.9. The summed E-state index contributed by atoms with van der Waals surface area (Å²) in [5, 5.41) is 3.63. The first-order valence-corrected chi connectivity index (χ1v) is 10.5. The second-order valence-corrected chi connectivity index (χ2v) is 7.10. The number of hydrogen-bond donors (Lipinski definition) is 1. The molecule has 1 N–H and O–H groups in total. The van der Waals surface area contributed by atoms with Crippen molar-refractivity contribution in [1.82, 2.24) is 25.1 Å². The van der Waals surface area contributed by atoms with Crippen molar-refractivity contribution < 1.29 is 0 Å². The van der Waals surface area contributed by atoms with Crippen LogP contribution >= 0.6 is 0 Å². The van der Waals surface area contributed by atoms with E-state index in [1.807, 2.05) is 13.1 Å². The number of aliphatic imine (C=N–C) groups is 1. The molecule has 1 aliphatic rings. The Morgan fingerprint density at radius 3 is 2.28 bits per heavy atom. The van der Waals surface area contributed by atoms with Gasteiger partial charge in [0.2, 0.25) is 5.95 Å². The van der Waals surface area contributed by atoms with Crippen LogP contribution in [0, 0.1) is 0 Å². The summed E-state index contributed by atoms with van der Waals surface area (Å²) in [6.45, 7) is 10.9. The number of benzene rings is 1. The van der Waals surface area contributed by atoms with Crippen molar-refractivity contribution in [3.05, 3.63) is 54.4 Å². The number of anilines is 1. The molecular formula is C22H33N7. The lowest BCUT2D eigenvalue weighted by Gasteiger charge is -2.37. The topological polar surface area (TPSA) is 59.9 Å². The van der Waals surface area contributed by atoms with Gasteiger partial charge in [-0.1, -0.05) is 44.2 Å². The van der Waals surface area contributed by atoms with Gasteiger partial charge >= 0.3 is 0 Å². The van der Waals surface area contributed by atoms with E-state index in [1.54, 1.807) is 12.4 Å². The third-order valence-electron chi connectivity index (χ3n) is 5.52. The molecule has 0 radical (unpaired) electrons. The first-order chi connectivity index (χ1) is 14.3. The number of likely N-dealkylation sites (N-methyl/N-ethyl adjacent to an activating group) is 1. The zero-order chi connectivity index (χ0) is 20.5. The molecule has 1 saturated heterocycles. The lowest BCUT2D eigenvalue weighted by atomic mass is 10.1. The zero-order valence-electron chi connectivity index (χ0n) is 17.8. The van der Waals surface area contributed by atoms with Crippen molar-refractivity contribution in [3.8, 4) is 0 Å². The van der Waals surface area contributed by atoms with Gasteiger partial charge < -0.3 is 15.1 Å². The van der Waals surface area contributed by atoms with Gasteiger partial charge in [0.25, 0.3) is 0 Å². The molecule has 29 heavy (non-hydrogen) atoms. The highest BCUT2D eigenvalue weighted by Gasteiger charge is 2.23. The number of guanidine groups is 1. The Balaban J connectivity index is 1.60. The molecule has 1 aromatic heterocycles. The van der Waals surface area contributed by atoms with Crippen molar-refractivity contribution in [2.24, 2.45) is 4.99 Å². The fourth-order valence-corrected chi connectivity index (χ4v) is 3.89. The van der Waals surface area contributed by atoms with E-state index in [9.17, 15) is 0 Å². The van der Waals surface area contributed by atoms with Gasteiger partial charge in [-0.3, -0.25) is 9.89 Å². The van der Waals surface area contributed by atoms with E-state index in [4.69, 9.17) is 0 Å². The van der Waals surface area contributed by atoms with Gasteiger partial charge in [-0.15, -0.1) is 0 Å². The molecule has 1 unspecified atom stereocenters. The first-order valence-electron chi connectivity index (χ1n) is 10.5. The summed E-state index contributed by atoms with van der Waals surface area (Å²) in [7, 11) is 1.87. The van der Waals surface area contributed by atoms with Gasteiger partial charge in [-0.05, 0) is 24.7 Å². The highest BCUT2D eigenvalue weighted by Crippen LogP contribution is 2.19. The zero-order valence-corrected chi connectivity index (χ0v) is 17.8. The smallest absolute Gasteiger partial charge is 0.225 e. The highest BCUT2D eigenvalue weighted by atomic mass is 15.4. The van der Waals surface area contributed by atoms with Crippen LogP contribution in [-0.2, 0) is 0 Å². The Kier molecular flexibility index (Phi) is 7.81. The summed E-state index contributed by atoms with van der Waals surface area (Å²) in [6.07, 6.45) is 3.60. The number of rotatable bonds is 7. The molecule has 3 rings (SSSR count). The van der Waals surface area contributed by atoms with E-state index >= 15 is 0 Å². The summed E-state index contributed by atoms with van der Waals surface area (Å²) >= 11 is 0. The monoisotopic (exact) mass is 395 g/mol. The van der Waals surface area contributed by atoms with E-state index in [1.165, 1.54) is 5.56 Å². The summed E-state index contributed by atoms with van der Waals surface area (Å²) in [5.74, 6) is 1.77. The van der Waals surface area contributed by atoms with Gasteiger partial charge in [0.1, 0.15) is 0 Å². The van der Waals surface area contributed by atoms with Crippen LogP contribution in [0.15, 0.2) is 53.8 Å². The van der Waals surface area contributed by atoms with E-state index in [0.29, 0.717) is 6.04 Å². The van der Waals surface area contributed by atoms with Crippen molar-refractivity contribution in [1.29, 1.82) is 0 Å². The van der Waals surface area contributed by atoms with E-state index in [-0.39, 0.29) is 0 Å². The summed E-state index contributed by atoms with van der Waals surface area (Å²) in [5.41, 5.74) is 1.34. The van der Waals surface area contributed by atoms with Crippen LogP contribution in [0.2, 0.25) is 0 Å². The van der Waals surface area contributed by atoms with Gasteiger partial charge in [0, 0.05) is 52.2 Å². The minimum atomic E-state index is 0.321. The fraction of sp³-hybridized carbons (Fsp3) is 0.500. The Morgan fingerprint density at radius 2 is 1.69 bits per heavy atom. The lowest BCUT2D eigenvalue weighted by molar-refractivity contribution is 0.217. The Hall–Kier alpha value is -2.67. The number of hydrogen-bond acceptors (Lipinski definition) is 5. The standard InChI is InChI=1S/C22H33N7/c1-4-27(5-2)20(19-10-7-6-8-11-19)18-26-21(23-3)28-14-16-29(17-15-28)22-24-12-9-13-25-22/h6-13,20H,4-5,14-18H2,1-3H3,(H,23,26). The number of aromatic nitrogens is 2. The maximum absolute atomic E-state index is 4.55. The molecule has 0 aliphatic carbocycles. The average molecular weight is 396 g/mol. The Labute approximate surface area is 174 Å². The molecule has 7 heteroatoms. The van der Waals surface area contributed by atoms with Crippen LogP contribution in [0.5, 0.6) is 0 Å². The minimum absolute atomic E-state index is 0.321. The van der Waals surface area contributed by atoms with Crippen LogP contribution in [0.25, 0.3) is 0 Å². The van der Waals surface area contributed by atoms with Crippen LogP contribution in [0.1, 0.15) is 25.5 Å². The number of nitrogens with one attached hydrogen (secondary N) is 1. The maximum atomic E-state index is 4.55. The maximum Gasteiger partial charge on any atom is 0.225 e. The molecule has 1 fully saturated rings. The van der Waals surface area contributed by atoms with Crippen LogP contribution in [0.4, 0.5) is 5.95 Å². The van der Waals surface area contributed by atoms with Gasteiger partial charge in [0.05, 0.1) is 6.04 Å². The molecule has 2 heterocycles. The van der Waals surface area contributed by atoms with Crippen molar-refractivity contribution >= 4 is 11.9 Å². The summed E-state index contributed by atoms with van der Waals surface area (Å²) in [4.78, 5) is 20.3. The molecule has 0 bridgehead atoms. The fourth-order valence-electron chi connectivity index (χ4n) is 3.89. The van der Waals surface area contributed by atoms with Crippen molar-refractivity contribution in [2.75, 3.05) is 57.8 Å². The molecular weight excluding hydrogens is 362 g/mol. The average Bonchev–Trinajstić information content (AvgIpc) is 2.80. The largest absolute Gasteiger partial charge is 0.354 e. The van der Waals surface area contributed by atoms with Crippen molar-refractivity contribution in [2.45, 2.75) is 19.9 Å². The van der Waals surface area contributed by atoms with Gasteiger partial charge in [0.15, 0.2) is 5.96 Å². The molecule has 2 aromatic rings. The Morgan fingerprint density at radius 1 is 1.03 bits per heavy atom. The molecule has 1 aromatic carbocycles. The van der Waals surface area contributed by atoms with Gasteiger partial charge in [-0.25, -0.2) is 9.97 Å². The lowest BCUT2D eigenvalue weighted by Crippen LogP contribution is -2.53. The van der Waals surface area contributed by atoms with Crippen LogP contribution in [-0.4, -0.2) is 78.6 Å². The molecule has 0 amide bonds. The third-order valence-corrected chi connectivity index (χ3v) is 5.52. The van der Waals surface area contributed by atoms with E-state index in [0.717, 1.165) is 57.7 Å². The van der Waals surface area contributed by atoms with Crippen molar-refractivity contribution in [3.63, 3.8) is 0 Å². The van der Waals surface area contributed by atoms with E-state index in [2.05, 4.69) is 79.2 Å². The third kappa shape index (κ3) is 5.44. The quantitative estimate of drug-likeness (QED) is 0.573. The normalized spacial score (nSPS) is 16.2. The second-order valence-electron chi connectivity index (χ2n) is 7.10. The Bertz CT molecular complexity index is 738. The first kappa shape index (κ1) is 21.0. The minimum Gasteiger partial charge on any atom is -0.354 e. The SMILES string of the molecule is CCN(CC)C(CNC(=NC)N1CCN(c2ncccn2)CC1)c1ccccc1. The predicted octanol–water partition coefficient (Wildman–Crippen LogP) is 2.26. The summed E-state index contributed by atoms with van der Waals surface area (Å²) < 4.78 is 0. The number of piperazine rings is 1. The molecule has 0 saturated carbocycles. The highest BCUT2D eigenvalue weighted by molar-refractivity contribution is 5.80. The number of nitrogens with zero attached hydrogens (tertiary/aromatic N) is 6.